The standard InChI is InChI=1S/C18H16ClNO5S2/c1-2-26(22,23)20-16-11-17(18(21)15-6-4-3-5-14(15)16)27(24,25)13-9-7-12(19)8-10-13/h3-11,20-21H,2H2,1H3. The van der Waals surface area contributed by atoms with Crippen molar-refractivity contribution in [1.29, 1.82) is 0 Å². The number of hydrogen-bond donors (Lipinski definition) is 2. The first-order valence-electron chi connectivity index (χ1n) is 7.91. The molecule has 2 N–H and O–H groups in total. The Bertz CT molecular complexity index is 1220. The Labute approximate surface area is 162 Å². The average Bonchev–Trinajstić information content (AvgIpc) is 2.64. The second-order valence-corrected chi connectivity index (χ2v) is 10.1. The van der Waals surface area contributed by atoms with E-state index in [0.717, 1.165) is 6.07 Å². The molecule has 3 aromatic carbocycles. The number of nitrogens with one attached hydrogen (secondary N) is 1. The molecule has 0 fully saturated rings. The number of aromatic hydroxyl groups is 1. The number of anilines is 1. The van der Waals surface area contributed by atoms with Gasteiger partial charge >= 0.3 is 0 Å². The fourth-order valence-corrected chi connectivity index (χ4v) is 4.76. The lowest BCUT2D eigenvalue weighted by atomic mass is 10.1. The van der Waals surface area contributed by atoms with Crippen molar-refractivity contribution in [2.24, 2.45) is 0 Å². The monoisotopic (exact) mass is 425 g/mol. The van der Waals surface area contributed by atoms with Gasteiger partial charge in [-0.05, 0) is 37.3 Å². The maximum atomic E-state index is 13.0. The summed E-state index contributed by atoms with van der Waals surface area (Å²) in [5, 5.41) is 11.6. The van der Waals surface area contributed by atoms with Gasteiger partial charge in [0.25, 0.3) is 0 Å². The third-order valence-electron chi connectivity index (χ3n) is 4.04. The second-order valence-electron chi connectivity index (χ2n) is 5.78. The van der Waals surface area contributed by atoms with Gasteiger partial charge in [-0.2, -0.15) is 0 Å². The summed E-state index contributed by atoms with van der Waals surface area (Å²) in [7, 11) is -7.76. The minimum Gasteiger partial charge on any atom is -0.506 e. The minimum atomic E-state index is -4.11. The number of rotatable bonds is 5. The zero-order chi connectivity index (χ0) is 19.8. The first kappa shape index (κ1) is 19.5. The van der Waals surface area contributed by atoms with Gasteiger partial charge in [0.1, 0.15) is 10.6 Å². The van der Waals surface area contributed by atoms with Crippen LogP contribution in [0.1, 0.15) is 6.92 Å². The summed E-state index contributed by atoms with van der Waals surface area (Å²) < 4.78 is 52.5. The van der Waals surface area contributed by atoms with Gasteiger partial charge in [0.15, 0.2) is 0 Å². The Hall–Kier alpha value is -2.29. The van der Waals surface area contributed by atoms with Crippen molar-refractivity contribution in [3.05, 3.63) is 59.6 Å². The highest BCUT2D eigenvalue weighted by Crippen LogP contribution is 2.39. The third kappa shape index (κ3) is 3.73. The zero-order valence-corrected chi connectivity index (χ0v) is 16.6. The predicted molar refractivity (Wildman–Crippen MR) is 106 cm³/mol. The largest absolute Gasteiger partial charge is 0.506 e. The molecule has 0 radical (unpaired) electrons. The fourth-order valence-electron chi connectivity index (χ4n) is 2.60. The van der Waals surface area contributed by atoms with Crippen LogP contribution in [0.25, 0.3) is 10.8 Å². The van der Waals surface area contributed by atoms with E-state index in [9.17, 15) is 21.9 Å². The molecule has 3 rings (SSSR count). The molecule has 0 atom stereocenters. The first-order valence-corrected chi connectivity index (χ1v) is 11.4. The van der Waals surface area contributed by atoms with Gasteiger partial charge in [0.05, 0.1) is 16.3 Å². The van der Waals surface area contributed by atoms with Crippen LogP contribution in [-0.4, -0.2) is 27.7 Å². The van der Waals surface area contributed by atoms with Crippen LogP contribution in [0.4, 0.5) is 5.69 Å². The topological polar surface area (TPSA) is 101 Å². The molecule has 0 aliphatic rings. The van der Waals surface area contributed by atoms with Gasteiger partial charge in [-0.15, -0.1) is 0 Å². The van der Waals surface area contributed by atoms with Crippen LogP contribution in [0.15, 0.2) is 64.4 Å². The maximum absolute atomic E-state index is 13.0. The number of phenolic OH excluding ortho intramolecular Hbond substituents is 1. The molecule has 0 heterocycles. The highest BCUT2D eigenvalue weighted by atomic mass is 35.5. The highest BCUT2D eigenvalue weighted by Gasteiger charge is 2.25. The van der Waals surface area contributed by atoms with Crippen molar-refractivity contribution in [1.82, 2.24) is 0 Å². The molecule has 0 aliphatic carbocycles. The van der Waals surface area contributed by atoms with E-state index < -0.39 is 30.5 Å². The molecule has 0 unspecified atom stereocenters. The lowest BCUT2D eigenvalue weighted by Gasteiger charge is -2.15. The Morgan fingerprint density at radius 2 is 1.56 bits per heavy atom. The van der Waals surface area contributed by atoms with E-state index in [1.807, 2.05) is 0 Å². The van der Waals surface area contributed by atoms with Crippen molar-refractivity contribution >= 4 is 47.9 Å². The van der Waals surface area contributed by atoms with Crippen LogP contribution in [0.2, 0.25) is 5.02 Å². The molecule has 3 aromatic rings. The van der Waals surface area contributed by atoms with E-state index >= 15 is 0 Å². The summed E-state index contributed by atoms with van der Waals surface area (Å²) >= 11 is 5.81. The van der Waals surface area contributed by atoms with Crippen molar-refractivity contribution < 1.29 is 21.9 Å². The van der Waals surface area contributed by atoms with E-state index in [-0.39, 0.29) is 21.7 Å². The number of hydrogen-bond acceptors (Lipinski definition) is 5. The van der Waals surface area contributed by atoms with Gasteiger partial charge in [-0.1, -0.05) is 35.9 Å². The summed E-state index contributed by atoms with van der Waals surface area (Å²) in [5.41, 5.74) is 0.0813. The molecule has 142 valence electrons. The van der Waals surface area contributed by atoms with Crippen molar-refractivity contribution in [3.8, 4) is 5.75 Å². The normalized spacial score (nSPS) is 12.2. The summed E-state index contributed by atoms with van der Waals surface area (Å²) in [6, 6.07) is 13.0. The lowest BCUT2D eigenvalue weighted by molar-refractivity contribution is 0.465. The van der Waals surface area contributed by atoms with E-state index in [0.29, 0.717) is 10.4 Å². The molecule has 0 amide bonds. The Kier molecular flexibility index (Phi) is 5.07. The summed E-state index contributed by atoms with van der Waals surface area (Å²) in [4.78, 5) is -0.459. The van der Waals surface area contributed by atoms with Crippen molar-refractivity contribution in [2.75, 3.05) is 10.5 Å². The Balaban J connectivity index is 2.30. The van der Waals surface area contributed by atoms with Crippen LogP contribution in [0, 0.1) is 0 Å². The van der Waals surface area contributed by atoms with Crippen LogP contribution in [0.3, 0.4) is 0 Å². The summed E-state index contributed by atoms with van der Waals surface area (Å²) in [6.45, 7) is 1.47. The van der Waals surface area contributed by atoms with Gasteiger partial charge in [-0.25, -0.2) is 16.8 Å². The summed E-state index contributed by atoms with van der Waals surface area (Å²) in [6.07, 6.45) is 0. The number of sulfone groups is 1. The molecular formula is C18H16ClNO5S2. The van der Waals surface area contributed by atoms with Crippen LogP contribution >= 0.6 is 11.6 Å². The lowest BCUT2D eigenvalue weighted by Crippen LogP contribution is -2.15. The zero-order valence-electron chi connectivity index (χ0n) is 14.2. The SMILES string of the molecule is CCS(=O)(=O)Nc1cc(S(=O)(=O)c2ccc(Cl)cc2)c(O)c2ccccc12. The van der Waals surface area contributed by atoms with Gasteiger partial charge < -0.3 is 5.11 Å². The van der Waals surface area contributed by atoms with Gasteiger partial charge in [0.2, 0.25) is 19.9 Å². The highest BCUT2D eigenvalue weighted by molar-refractivity contribution is 7.92. The fraction of sp³-hybridized carbons (Fsp3) is 0.111. The average molecular weight is 426 g/mol. The molecule has 0 aromatic heterocycles. The minimum absolute atomic E-state index is 0.0678. The van der Waals surface area contributed by atoms with Crippen LogP contribution in [-0.2, 0) is 19.9 Å². The second kappa shape index (κ2) is 7.03. The molecule has 27 heavy (non-hydrogen) atoms. The van der Waals surface area contributed by atoms with Crippen molar-refractivity contribution in [3.63, 3.8) is 0 Å². The molecule has 0 aliphatic heterocycles. The molecule has 0 saturated carbocycles. The van der Waals surface area contributed by atoms with Crippen LogP contribution in [0.5, 0.6) is 5.75 Å². The van der Waals surface area contributed by atoms with Crippen LogP contribution < -0.4 is 4.72 Å². The molecule has 0 saturated heterocycles. The van der Waals surface area contributed by atoms with Crippen molar-refractivity contribution in [2.45, 2.75) is 16.7 Å². The Morgan fingerprint density at radius 1 is 0.963 bits per heavy atom. The van der Waals surface area contributed by atoms with Gasteiger partial charge in [0, 0.05) is 15.8 Å². The predicted octanol–water partition coefficient (Wildman–Crippen LogP) is 3.79. The van der Waals surface area contributed by atoms with E-state index in [1.54, 1.807) is 18.2 Å². The number of benzene rings is 3. The number of halogens is 1. The van der Waals surface area contributed by atoms with E-state index in [4.69, 9.17) is 11.6 Å². The first-order chi connectivity index (χ1) is 12.7. The number of sulfonamides is 1. The van der Waals surface area contributed by atoms with E-state index in [2.05, 4.69) is 4.72 Å². The molecular weight excluding hydrogens is 410 g/mol. The Morgan fingerprint density at radius 3 is 2.15 bits per heavy atom. The smallest absolute Gasteiger partial charge is 0.232 e. The summed E-state index contributed by atoms with van der Waals surface area (Å²) in [5.74, 6) is -0.624. The van der Waals surface area contributed by atoms with E-state index in [1.165, 1.54) is 37.3 Å². The molecule has 6 nitrogen and oxygen atoms in total. The third-order valence-corrected chi connectivity index (χ3v) is 7.37. The number of fused-ring (bicyclic) bond motifs is 1. The maximum Gasteiger partial charge on any atom is 0.232 e. The molecule has 0 bridgehead atoms. The molecule has 9 heteroatoms. The molecule has 0 spiro atoms. The van der Waals surface area contributed by atoms with Gasteiger partial charge in [-0.3, -0.25) is 4.72 Å². The number of phenols is 1. The quantitative estimate of drug-likeness (QED) is 0.605.